The summed E-state index contributed by atoms with van der Waals surface area (Å²) in [5, 5.41) is 0. The summed E-state index contributed by atoms with van der Waals surface area (Å²) in [6, 6.07) is 0.222. The van der Waals surface area contributed by atoms with Gasteiger partial charge < -0.3 is 9.64 Å². The number of rotatable bonds is 1. The van der Waals surface area contributed by atoms with Crippen molar-refractivity contribution in [2.45, 2.75) is 58.6 Å². The van der Waals surface area contributed by atoms with E-state index in [1.165, 1.54) is 0 Å². The summed E-state index contributed by atoms with van der Waals surface area (Å²) in [6.45, 7) is 8.46. The van der Waals surface area contributed by atoms with Crippen LogP contribution in [0.3, 0.4) is 0 Å². The molecule has 2 atom stereocenters. The van der Waals surface area contributed by atoms with E-state index in [-0.39, 0.29) is 12.1 Å². The van der Waals surface area contributed by atoms with Crippen LogP contribution in [0.4, 0.5) is 4.79 Å². The predicted octanol–water partition coefficient (Wildman–Crippen LogP) is 3.05. The molecule has 1 rings (SSSR count). The van der Waals surface area contributed by atoms with E-state index < -0.39 is 5.60 Å². The van der Waals surface area contributed by atoms with Gasteiger partial charge in [-0.3, -0.25) is 0 Å². The van der Waals surface area contributed by atoms with Crippen LogP contribution < -0.4 is 0 Å². The lowest BCUT2D eigenvalue weighted by Crippen LogP contribution is -2.47. The fraction of sp³-hybridized carbons (Fsp3) is 0.786. The number of carbonyl (C=O) groups excluding carboxylic acids is 1. The first-order valence-electron chi connectivity index (χ1n) is 6.33. The molecule has 96 valence electrons. The highest BCUT2D eigenvalue weighted by molar-refractivity contribution is 5.68. The topological polar surface area (TPSA) is 29.5 Å². The van der Waals surface area contributed by atoms with Gasteiger partial charge in [-0.1, -0.05) is 6.92 Å². The summed E-state index contributed by atoms with van der Waals surface area (Å²) < 4.78 is 5.41. The van der Waals surface area contributed by atoms with Gasteiger partial charge in [-0.2, -0.15) is 0 Å². The maximum Gasteiger partial charge on any atom is 0.410 e. The number of piperidine rings is 1. The Labute approximate surface area is 105 Å². The quantitative estimate of drug-likeness (QED) is 0.656. The number of terminal acetylenes is 1. The molecule has 0 aromatic carbocycles. The molecule has 0 N–H and O–H groups in total. The molecule has 1 saturated heterocycles. The summed E-state index contributed by atoms with van der Waals surface area (Å²) in [6.07, 6.45) is 7.95. The summed E-state index contributed by atoms with van der Waals surface area (Å²) in [4.78, 5) is 13.9. The minimum Gasteiger partial charge on any atom is -0.444 e. The number of hydrogen-bond donors (Lipinski definition) is 0. The Hall–Kier alpha value is -1.17. The van der Waals surface area contributed by atoms with E-state index in [1.807, 2.05) is 25.7 Å². The molecule has 0 aliphatic carbocycles. The third-order valence-electron chi connectivity index (χ3n) is 3.05. The van der Waals surface area contributed by atoms with Crippen molar-refractivity contribution in [1.29, 1.82) is 0 Å². The third kappa shape index (κ3) is 3.96. The monoisotopic (exact) mass is 237 g/mol. The highest BCUT2D eigenvalue weighted by Gasteiger charge is 2.32. The number of amides is 1. The zero-order valence-corrected chi connectivity index (χ0v) is 11.3. The van der Waals surface area contributed by atoms with Crippen LogP contribution in [0.25, 0.3) is 0 Å². The Balaban J connectivity index is 2.64. The maximum absolute atomic E-state index is 12.0. The second-order valence-corrected chi connectivity index (χ2v) is 5.62. The number of ether oxygens (including phenoxy) is 1. The van der Waals surface area contributed by atoms with Gasteiger partial charge >= 0.3 is 6.09 Å². The molecule has 1 heterocycles. The van der Waals surface area contributed by atoms with E-state index in [4.69, 9.17) is 11.2 Å². The van der Waals surface area contributed by atoms with E-state index in [1.54, 1.807) is 0 Å². The van der Waals surface area contributed by atoms with E-state index >= 15 is 0 Å². The van der Waals surface area contributed by atoms with Gasteiger partial charge in [0.15, 0.2) is 0 Å². The summed E-state index contributed by atoms with van der Waals surface area (Å²) in [5.74, 6) is 3.10. The molecule has 0 spiro atoms. The van der Waals surface area contributed by atoms with E-state index in [0.29, 0.717) is 12.5 Å². The fourth-order valence-electron chi connectivity index (χ4n) is 2.15. The van der Waals surface area contributed by atoms with Crippen LogP contribution in [0.5, 0.6) is 0 Å². The Morgan fingerprint density at radius 2 is 2.18 bits per heavy atom. The molecule has 3 heteroatoms. The Morgan fingerprint density at radius 1 is 1.53 bits per heavy atom. The SMILES string of the molecule is C#CC1CCN(C(=O)OC(C)(C)C)C(CC)C1. The van der Waals surface area contributed by atoms with Crippen molar-refractivity contribution >= 4 is 6.09 Å². The van der Waals surface area contributed by atoms with Crippen LogP contribution in [-0.4, -0.2) is 29.2 Å². The smallest absolute Gasteiger partial charge is 0.410 e. The Kier molecular flexibility index (Phi) is 4.45. The van der Waals surface area contributed by atoms with Gasteiger partial charge in [0.05, 0.1) is 0 Å². The first kappa shape index (κ1) is 13.9. The molecule has 0 aromatic rings. The standard InChI is InChI=1S/C14H23NO2/c1-6-11-8-9-15(12(7-2)10-11)13(16)17-14(3,4)5/h1,11-12H,7-10H2,2-5H3. The highest BCUT2D eigenvalue weighted by atomic mass is 16.6. The first-order valence-corrected chi connectivity index (χ1v) is 6.33. The lowest BCUT2D eigenvalue weighted by molar-refractivity contribution is 0.00670. The van der Waals surface area contributed by atoms with Crippen LogP contribution in [0.2, 0.25) is 0 Å². The van der Waals surface area contributed by atoms with Crippen molar-refractivity contribution in [2.24, 2.45) is 5.92 Å². The summed E-state index contributed by atoms with van der Waals surface area (Å²) in [5.41, 5.74) is -0.432. The van der Waals surface area contributed by atoms with Gasteiger partial charge in [-0.15, -0.1) is 12.3 Å². The summed E-state index contributed by atoms with van der Waals surface area (Å²) >= 11 is 0. The number of likely N-dealkylation sites (tertiary alicyclic amines) is 1. The zero-order valence-electron chi connectivity index (χ0n) is 11.3. The molecule has 0 aromatic heterocycles. The van der Waals surface area contributed by atoms with E-state index in [2.05, 4.69) is 12.8 Å². The number of carbonyl (C=O) groups is 1. The molecule has 1 amide bonds. The normalized spacial score (nSPS) is 25.2. The second kappa shape index (κ2) is 5.44. The summed E-state index contributed by atoms with van der Waals surface area (Å²) in [7, 11) is 0. The van der Waals surface area contributed by atoms with Crippen LogP contribution in [-0.2, 0) is 4.74 Å². The minimum atomic E-state index is -0.432. The molecule has 1 aliphatic rings. The van der Waals surface area contributed by atoms with Gasteiger partial charge in [0, 0.05) is 18.5 Å². The maximum atomic E-state index is 12.0. The highest BCUT2D eigenvalue weighted by Crippen LogP contribution is 2.26. The molecule has 0 bridgehead atoms. The molecule has 1 fully saturated rings. The second-order valence-electron chi connectivity index (χ2n) is 5.62. The van der Waals surface area contributed by atoms with Crippen molar-refractivity contribution in [2.75, 3.05) is 6.54 Å². The van der Waals surface area contributed by atoms with Crippen LogP contribution >= 0.6 is 0 Å². The van der Waals surface area contributed by atoms with Crippen molar-refractivity contribution in [1.82, 2.24) is 4.90 Å². The third-order valence-corrected chi connectivity index (χ3v) is 3.05. The van der Waals surface area contributed by atoms with Gasteiger partial charge in [0.1, 0.15) is 5.60 Å². The molecular weight excluding hydrogens is 214 g/mol. The van der Waals surface area contributed by atoms with Crippen LogP contribution in [0.1, 0.15) is 47.0 Å². The van der Waals surface area contributed by atoms with Crippen LogP contribution in [0, 0.1) is 18.3 Å². The average molecular weight is 237 g/mol. The van der Waals surface area contributed by atoms with Gasteiger partial charge in [-0.05, 0) is 40.0 Å². The average Bonchev–Trinajstić information content (AvgIpc) is 2.25. The van der Waals surface area contributed by atoms with Gasteiger partial charge in [0.2, 0.25) is 0 Å². The van der Waals surface area contributed by atoms with E-state index in [9.17, 15) is 4.79 Å². The zero-order chi connectivity index (χ0) is 13.1. The molecule has 17 heavy (non-hydrogen) atoms. The van der Waals surface area contributed by atoms with Gasteiger partial charge in [-0.25, -0.2) is 4.79 Å². The molecule has 2 unspecified atom stereocenters. The molecule has 3 nitrogen and oxygen atoms in total. The Bertz CT molecular complexity index is 311. The van der Waals surface area contributed by atoms with Crippen LogP contribution in [0.15, 0.2) is 0 Å². The molecular formula is C14H23NO2. The number of hydrogen-bond acceptors (Lipinski definition) is 2. The molecule has 0 radical (unpaired) electrons. The van der Waals surface area contributed by atoms with Gasteiger partial charge in [0.25, 0.3) is 0 Å². The molecule has 1 aliphatic heterocycles. The van der Waals surface area contributed by atoms with Crippen molar-refractivity contribution in [3.63, 3.8) is 0 Å². The van der Waals surface area contributed by atoms with Crippen molar-refractivity contribution in [3.8, 4) is 12.3 Å². The van der Waals surface area contributed by atoms with E-state index in [0.717, 1.165) is 19.3 Å². The van der Waals surface area contributed by atoms with Crippen molar-refractivity contribution < 1.29 is 9.53 Å². The van der Waals surface area contributed by atoms with Crippen molar-refractivity contribution in [3.05, 3.63) is 0 Å². The largest absolute Gasteiger partial charge is 0.444 e. The molecule has 0 saturated carbocycles. The first-order chi connectivity index (χ1) is 7.87. The Morgan fingerprint density at radius 3 is 2.65 bits per heavy atom. The number of nitrogens with zero attached hydrogens (tertiary/aromatic N) is 1. The fourth-order valence-corrected chi connectivity index (χ4v) is 2.15. The predicted molar refractivity (Wildman–Crippen MR) is 68.6 cm³/mol. The minimum absolute atomic E-state index is 0.208. The lowest BCUT2D eigenvalue weighted by atomic mass is 9.90. The lowest BCUT2D eigenvalue weighted by Gasteiger charge is -2.38.